The van der Waals surface area contributed by atoms with Crippen molar-refractivity contribution in [3.8, 4) is 22.6 Å². The number of rotatable bonds is 8. The number of fused-ring (bicyclic) bond motifs is 1. The second kappa shape index (κ2) is 11.1. The van der Waals surface area contributed by atoms with Gasteiger partial charge >= 0.3 is 5.97 Å². The van der Waals surface area contributed by atoms with Gasteiger partial charge in [-0.1, -0.05) is 60.7 Å². The van der Waals surface area contributed by atoms with Gasteiger partial charge in [-0.3, -0.25) is 9.58 Å². The van der Waals surface area contributed by atoms with Crippen LogP contribution in [0.5, 0.6) is 5.75 Å². The molecule has 43 heavy (non-hydrogen) atoms. The third-order valence-corrected chi connectivity index (χ3v) is 8.51. The number of aromatic carboxylic acids is 1. The van der Waals surface area contributed by atoms with E-state index in [2.05, 4.69) is 81.8 Å². The van der Waals surface area contributed by atoms with Crippen molar-refractivity contribution < 1.29 is 14.6 Å². The molecule has 0 unspecified atom stereocenters. The van der Waals surface area contributed by atoms with E-state index in [1.54, 1.807) is 9.36 Å². The average molecular weight is 575 g/mol. The van der Waals surface area contributed by atoms with Gasteiger partial charge in [0.05, 0.1) is 23.3 Å². The largest absolute Gasteiger partial charge is 0.489 e. The summed E-state index contributed by atoms with van der Waals surface area (Å²) in [6, 6.07) is 25.1. The summed E-state index contributed by atoms with van der Waals surface area (Å²) in [5.74, 6) is 0.167. The predicted octanol–water partition coefficient (Wildman–Crippen LogP) is 5.81. The number of carbonyl (C=O) groups is 1. The molecule has 2 aromatic heterocycles. The molecule has 1 N–H and O–H groups in total. The Morgan fingerprint density at radius 3 is 2.63 bits per heavy atom. The van der Waals surface area contributed by atoms with Gasteiger partial charge in [0.25, 0.3) is 0 Å². The highest BCUT2D eigenvalue weighted by atomic mass is 16.5. The smallest absolute Gasteiger partial charge is 0.339 e. The van der Waals surface area contributed by atoms with Crippen molar-refractivity contribution in [2.75, 3.05) is 6.54 Å². The zero-order valence-electron chi connectivity index (χ0n) is 24.3. The molecule has 0 radical (unpaired) electrons. The van der Waals surface area contributed by atoms with Crippen molar-refractivity contribution in [3.63, 3.8) is 0 Å². The number of hydrogen-bond acceptors (Lipinski definition) is 6. The first-order valence-corrected chi connectivity index (χ1v) is 14.8. The van der Waals surface area contributed by atoms with Gasteiger partial charge in [-0.2, -0.15) is 5.10 Å². The molecule has 0 spiro atoms. The number of carboxylic acids is 1. The molecular weight excluding hydrogens is 540 g/mol. The van der Waals surface area contributed by atoms with Gasteiger partial charge in [-0.05, 0) is 53.8 Å². The van der Waals surface area contributed by atoms with Crippen molar-refractivity contribution in [2.24, 2.45) is 7.05 Å². The van der Waals surface area contributed by atoms with Crippen LogP contribution in [0.3, 0.4) is 0 Å². The molecule has 1 aliphatic heterocycles. The summed E-state index contributed by atoms with van der Waals surface area (Å²) in [7, 11) is 1.84. The lowest BCUT2D eigenvalue weighted by Gasteiger charge is -2.23. The van der Waals surface area contributed by atoms with Crippen molar-refractivity contribution in [1.82, 2.24) is 29.7 Å². The molecule has 9 nitrogen and oxygen atoms in total. The minimum Gasteiger partial charge on any atom is -0.489 e. The summed E-state index contributed by atoms with van der Waals surface area (Å²) in [5.41, 5.74) is 7.27. The third-order valence-electron chi connectivity index (χ3n) is 8.51. The number of nitrogens with zero attached hydrogens (tertiary/aromatic N) is 6. The first kappa shape index (κ1) is 27.1. The zero-order chi connectivity index (χ0) is 29.5. The molecule has 1 saturated carbocycles. The van der Waals surface area contributed by atoms with Crippen LogP contribution in [0.4, 0.5) is 0 Å². The van der Waals surface area contributed by atoms with Crippen LogP contribution in [0.25, 0.3) is 16.8 Å². The fraction of sp³-hybridized carbons (Fsp3) is 0.294. The number of aryl methyl sites for hydroxylation is 1. The lowest BCUT2D eigenvalue weighted by Crippen LogP contribution is -2.32. The molecule has 3 aromatic carbocycles. The number of hydrogen-bond donors (Lipinski definition) is 1. The Morgan fingerprint density at radius 1 is 1.02 bits per heavy atom. The number of para-hydroxylation sites is 1. The van der Waals surface area contributed by atoms with E-state index in [1.807, 2.05) is 31.4 Å². The van der Waals surface area contributed by atoms with Gasteiger partial charge in [-0.15, -0.1) is 5.10 Å². The zero-order valence-corrected chi connectivity index (χ0v) is 24.3. The highest BCUT2D eigenvalue weighted by Gasteiger charge is 2.46. The van der Waals surface area contributed by atoms with Gasteiger partial charge in [0.15, 0.2) is 0 Å². The third kappa shape index (κ3) is 5.44. The lowest BCUT2D eigenvalue weighted by atomic mass is 10.0. The van der Waals surface area contributed by atoms with Crippen LogP contribution < -0.4 is 4.74 Å². The molecule has 7 rings (SSSR count). The number of benzene rings is 3. The Morgan fingerprint density at radius 2 is 1.84 bits per heavy atom. The van der Waals surface area contributed by atoms with Gasteiger partial charge in [0.1, 0.15) is 17.4 Å². The minimum absolute atomic E-state index is 0.0203. The average Bonchev–Trinajstić information content (AvgIpc) is 3.53. The van der Waals surface area contributed by atoms with Crippen LogP contribution in [0.1, 0.15) is 64.5 Å². The van der Waals surface area contributed by atoms with Crippen LogP contribution in [0, 0.1) is 0 Å². The van der Waals surface area contributed by atoms with E-state index in [4.69, 9.17) is 4.74 Å². The van der Waals surface area contributed by atoms with Crippen molar-refractivity contribution in [2.45, 2.75) is 50.8 Å². The molecule has 2 aliphatic rings. The molecule has 1 aliphatic carbocycles. The maximum Gasteiger partial charge on any atom is 0.339 e. The molecule has 5 aromatic rings. The van der Waals surface area contributed by atoms with E-state index in [0.717, 1.165) is 60.7 Å². The van der Waals surface area contributed by atoms with Crippen LogP contribution >= 0.6 is 0 Å². The maximum absolute atomic E-state index is 12.2. The molecule has 0 saturated heterocycles. The van der Waals surface area contributed by atoms with Gasteiger partial charge in [-0.25, -0.2) is 9.48 Å². The Bertz CT molecular complexity index is 1790. The van der Waals surface area contributed by atoms with Crippen molar-refractivity contribution in [3.05, 3.63) is 113 Å². The first-order valence-electron chi connectivity index (χ1n) is 14.8. The van der Waals surface area contributed by atoms with Crippen LogP contribution in [0.15, 0.2) is 85.2 Å². The van der Waals surface area contributed by atoms with Crippen LogP contribution in [0.2, 0.25) is 0 Å². The number of aromatic nitrogens is 5. The number of carboxylic acid groups (broad SMARTS) is 1. The summed E-state index contributed by atoms with van der Waals surface area (Å²) < 4.78 is 9.78. The molecule has 9 heteroatoms. The molecule has 218 valence electrons. The van der Waals surface area contributed by atoms with E-state index in [1.165, 1.54) is 17.3 Å². The highest BCUT2D eigenvalue weighted by Crippen LogP contribution is 2.55. The molecule has 3 heterocycles. The predicted molar refractivity (Wildman–Crippen MR) is 162 cm³/mol. The molecule has 0 amide bonds. The molecule has 1 fully saturated rings. The summed E-state index contributed by atoms with van der Waals surface area (Å²) in [5, 5.41) is 22.8. The fourth-order valence-electron chi connectivity index (χ4n) is 6.26. The SMILES string of the molecule is CC[C@@H]1CN(Cc2cccc(-c3cccc(-n4ncc(C(=O)O)c4[C@@H]4C[C@H]4c4cn(C)nn4)c3)c2)Cc2ccccc2O1. The summed E-state index contributed by atoms with van der Waals surface area (Å²) in [4.78, 5) is 14.6. The van der Waals surface area contributed by atoms with E-state index in [0.29, 0.717) is 5.69 Å². The second-order valence-corrected chi connectivity index (χ2v) is 11.6. The Labute approximate surface area is 250 Å². The maximum atomic E-state index is 12.2. The summed E-state index contributed by atoms with van der Waals surface area (Å²) in [6.45, 7) is 4.71. The first-order chi connectivity index (χ1) is 21.0. The minimum atomic E-state index is -0.971. The molecule has 0 bridgehead atoms. The van der Waals surface area contributed by atoms with Crippen molar-refractivity contribution in [1.29, 1.82) is 0 Å². The van der Waals surface area contributed by atoms with Crippen LogP contribution in [-0.2, 0) is 20.1 Å². The Balaban J connectivity index is 1.16. The van der Waals surface area contributed by atoms with Gasteiger partial charge in [0.2, 0.25) is 0 Å². The monoisotopic (exact) mass is 574 g/mol. The second-order valence-electron chi connectivity index (χ2n) is 11.6. The standard InChI is InChI=1S/C34H34N6O3/c1-3-27-20-39(19-25-9-4-5-13-32(25)43-27)18-22-8-6-10-23(14-22)24-11-7-12-26(15-24)40-33(30(17-35-40)34(41)42)29-16-28(29)31-21-38(2)37-36-31/h4-15,17,21,27-29H,3,16,18-20H2,1-2H3,(H,41,42)/t27-,28-,29-/m1/s1. The summed E-state index contributed by atoms with van der Waals surface area (Å²) in [6.07, 6.45) is 5.29. The van der Waals surface area contributed by atoms with Gasteiger partial charge < -0.3 is 9.84 Å². The van der Waals surface area contributed by atoms with Crippen LogP contribution in [-0.4, -0.2) is 53.4 Å². The van der Waals surface area contributed by atoms with Gasteiger partial charge in [0, 0.05) is 50.3 Å². The van der Waals surface area contributed by atoms with E-state index in [-0.39, 0.29) is 23.5 Å². The van der Waals surface area contributed by atoms with E-state index >= 15 is 0 Å². The van der Waals surface area contributed by atoms with E-state index < -0.39 is 5.97 Å². The van der Waals surface area contributed by atoms with Crippen molar-refractivity contribution >= 4 is 5.97 Å². The summed E-state index contributed by atoms with van der Waals surface area (Å²) >= 11 is 0. The quantitative estimate of drug-likeness (QED) is 0.250. The topological polar surface area (TPSA) is 98.3 Å². The Kier molecular flexibility index (Phi) is 7.02. The highest BCUT2D eigenvalue weighted by molar-refractivity contribution is 5.89. The lowest BCUT2D eigenvalue weighted by molar-refractivity contribution is 0.0695. The molecule has 3 atom stereocenters. The number of ether oxygens (including phenoxy) is 1. The molecular formula is C34H34N6O3. The fourth-order valence-corrected chi connectivity index (χ4v) is 6.26. The normalized spacial score (nSPS) is 19.8. The van der Waals surface area contributed by atoms with E-state index in [9.17, 15) is 9.90 Å². The Hall–Kier alpha value is -4.76.